The Bertz CT molecular complexity index is 594. The number of carbonyl (C=O) groups excluding carboxylic acids is 1. The number of carbonyl (C=O) groups is 2. The number of aryl methyl sites for hydroxylation is 2. The fourth-order valence-electron chi connectivity index (χ4n) is 2.53. The number of nitrogens with one attached hydrogen (secondary N) is 1. The molecule has 6 heteroatoms. The Hall–Kier alpha value is -1.59. The standard InChI is InChI=1S/C16H20ClNO4/c1-10-7-12(13(17)8-11(10)2)14(19)18-9-16(15(20)21)3-5-22-6-4-16/h7-8H,3-6,9H2,1-2H3,(H,18,19)(H,20,21). The lowest BCUT2D eigenvalue weighted by atomic mass is 9.80. The number of hydrogen-bond acceptors (Lipinski definition) is 3. The van der Waals surface area contributed by atoms with Crippen LogP contribution in [0, 0.1) is 19.3 Å². The maximum absolute atomic E-state index is 12.3. The van der Waals surface area contributed by atoms with Crippen molar-refractivity contribution in [3.63, 3.8) is 0 Å². The molecule has 0 radical (unpaired) electrons. The van der Waals surface area contributed by atoms with Crippen LogP contribution >= 0.6 is 11.6 Å². The molecule has 0 unspecified atom stereocenters. The summed E-state index contributed by atoms with van der Waals surface area (Å²) in [4.78, 5) is 23.9. The van der Waals surface area contributed by atoms with Gasteiger partial charge in [0.25, 0.3) is 5.91 Å². The number of ether oxygens (including phenoxy) is 1. The Morgan fingerprint density at radius 2 is 1.86 bits per heavy atom. The second kappa shape index (κ2) is 6.67. The highest BCUT2D eigenvalue weighted by Gasteiger charge is 2.40. The summed E-state index contributed by atoms with van der Waals surface area (Å²) in [7, 11) is 0. The van der Waals surface area contributed by atoms with Crippen molar-refractivity contribution in [2.45, 2.75) is 26.7 Å². The summed E-state index contributed by atoms with van der Waals surface area (Å²) in [6.45, 7) is 4.69. The SMILES string of the molecule is Cc1cc(Cl)c(C(=O)NCC2(C(=O)O)CCOCC2)cc1C. The zero-order valence-electron chi connectivity index (χ0n) is 12.7. The van der Waals surface area contributed by atoms with Crippen molar-refractivity contribution in [1.29, 1.82) is 0 Å². The predicted molar refractivity (Wildman–Crippen MR) is 83.4 cm³/mol. The van der Waals surface area contributed by atoms with E-state index in [0.29, 0.717) is 36.6 Å². The van der Waals surface area contributed by atoms with Crippen molar-refractivity contribution in [1.82, 2.24) is 5.32 Å². The molecule has 5 nitrogen and oxygen atoms in total. The Balaban J connectivity index is 2.12. The first-order chi connectivity index (χ1) is 10.4. The van der Waals surface area contributed by atoms with E-state index in [9.17, 15) is 14.7 Å². The van der Waals surface area contributed by atoms with Crippen LogP contribution in [0.5, 0.6) is 0 Å². The highest BCUT2D eigenvalue weighted by molar-refractivity contribution is 6.34. The van der Waals surface area contributed by atoms with Gasteiger partial charge in [-0.1, -0.05) is 11.6 Å². The number of carboxylic acid groups (broad SMARTS) is 1. The topological polar surface area (TPSA) is 75.6 Å². The predicted octanol–water partition coefficient (Wildman–Crippen LogP) is 2.57. The third-order valence-electron chi connectivity index (χ3n) is 4.32. The van der Waals surface area contributed by atoms with E-state index in [2.05, 4.69) is 5.32 Å². The number of amides is 1. The quantitative estimate of drug-likeness (QED) is 0.892. The van der Waals surface area contributed by atoms with Crippen molar-refractivity contribution in [2.24, 2.45) is 5.41 Å². The van der Waals surface area contributed by atoms with E-state index in [1.807, 2.05) is 13.8 Å². The zero-order chi connectivity index (χ0) is 16.3. The molecule has 1 aromatic rings. The van der Waals surface area contributed by atoms with Crippen LogP contribution < -0.4 is 5.32 Å². The molecule has 0 bridgehead atoms. The first-order valence-electron chi connectivity index (χ1n) is 7.22. The molecule has 1 fully saturated rings. The van der Waals surface area contributed by atoms with Crippen molar-refractivity contribution in [2.75, 3.05) is 19.8 Å². The number of halogens is 1. The van der Waals surface area contributed by atoms with Crippen LogP contribution in [0.4, 0.5) is 0 Å². The molecule has 1 saturated heterocycles. The van der Waals surface area contributed by atoms with Gasteiger partial charge < -0.3 is 15.2 Å². The third-order valence-corrected chi connectivity index (χ3v) is 4.63. The van der Waals surface area contributed by atoms with E-state index in [0.717, 1.165) is 11.1 Å². The fraction of sp³-hybridized carbons (Fsp3) is 0.500. The molecule has 1 aliphatic rings. The van der Waals surface area contributed by atoms with Crippen LogP contribution in [0.25, 0.3) is 0 Å². The van der Waals surface area contributed by atoms with E-state index < -0.39 is 11.4 Å². The average molecular weight is 326 g/mol. The number of benzene rings is 1. The number of aliphatic carboxylic acids is 1. The molecular weight excluding hydrogens is 306 g/mol. The summed E-state index contributed by atoms with van der Waals surface area (Å²) in [5, 5.41) is 12.6. The Kier molecular flexibility index (Phi) is 5.08. The Labute approximate surface area is 134 Å². The molecule has 120 valence electrons. The Morgan fingerprint density at radius 3 is 2.45 bits per heavy atom. The average Bonchev–Trinajstić information content (AvgIpc) is 2.49. The second-order valence-electron chi connectivity index (χ2n) is 5.80. The van der Waals surface area contributed by atoms with E-state index >= 15 is 0 Å². The van der Waals surface area contributed by atoms with Crippen molar-refractivity contribution in [3.05, 3.63) is 33.8 Å². The number of hydrogen-bond donors (Lipinski definition) is 2. The summed E-state index contributed by atoms with van der Waals surface area (Å²) < 4.78 is 5.22. The van der Waals surface area contributed by atoms with Gasteiger partial charge in [0.1, 0.15) is 0 Å². The molecule has 22 heavy (non-hydrogen) atoms. The van der Waals surface area contributed by atoms with Crippen molar-refractivity contribution in [3.8, 4) is 0 Å². The van der Waals surface area contributed by atoms with Crippen LogP contribution in [-0.4, -0.2) is 36.7 Å². The summed E-state index contributed by atoms with van der Waals surface area (Å²) in [5.41, 5.74) is 1.39. The normalized spacial score (nSPS) is 17.0. The first kappa shape index (κ1) is 16.8. The van der Waals surface area contributed by atoms with Gasteiger partial charge in [0.2, 0.25) is 0 Å². The molecule has 0 saturated carbocycles. The molecule has 0 spiro atoms. The minimum Gasteiger partial charge on any atom is -0.481 e. The van der Waals surface area contributed by atoms with Gasteiger partial charge >= 0.3 is 5.97 Å². The van der Waals surface area contributed by atoms with Gasteiger partial charge in [0.05, 0.1) is 16.0 Å². The Morgan fingerprint density at radius 1 is 1.27 bits per heavy atom. The molecule has 0 aromatic heterocycles. The fourth-order valence-corrected chi connectivity index (χ4v) is 2.83. The van der Waals surface area contributed by atoms with Crippen molar-refractivity contribution >= 4 is 23.5 Å². The van der Waals surface area contributed by atoms with E-state index in [1.54, 1.807) is 12.1 Å². The first-order valence-corrected chi connectivity index (χ1v) is 7.60. The minimum absolute atomic E-state index is 0.0772. The highest BCUT2D eigenvalue weighted by Crippen LogP contribution is 2.30. The molecule has 1 aromatic carbocycles. The van der Waals surface area contributed by atoms with Crippen molar-refractivity contribution < 1.29 is 19.4 Å². The molecule has 0 aliphatic carbocycles. The number of rotatable bonds is 4. The second-order valence-corrected chi connectivity index (χ2v) is 6.20. The van der Waals surface area contributed by atoms with Crippen LogP contribution in [0.15, 0.2) is 12.1 Å². The molecule has 2 N–H and O–H groups in total. The van der Waals surface area contributed by atoms with E-state index in [1.165, 1.54) is 0 Å². The monoisotopic (exact) mass is 325 g/mol. The lowest BCUT2D eigenvalue weighted by Gasteiger charge is -2.33. The summed E-state index contributed by atoms with van der Waals surface area (Å²) in [6, 6.07) is 3.47. The maximum Gasteiger partial charge on any atom is 0.311 e. The molecule has 0 atom stereocenters. The summed E-state index contributed by atoms with van der Waals surface area (Å²) in [6.07, 6.45) is 0.784. The van der Waals surface area contributed by atoms with Gasteiger partial charge in [0.15, 0.2) is 0 Å². The van der Waals surface area contributed by atoms with Crippen LogP contribution in [-0.2, 0) is 9.53 Å². The molecular formula is C16H20ClNO4. The van der Waals surface area contributed by atoms with Gasteiger partial charge in [-0.25, -0.2) is 0 Å². The highest BCUT2D eigenvalue weighted by atomic mass is 35.5. The van der Waals surface area contributed by atoms with Gasteiger partial charge in [-0.15, -0.1) is 0 Å². The number of carboxylic acids is 1. The molecule has 1 heterocycles. The van der Waals surface area contributed by atoms with E-state index in [-0.39, 0.29) is 12.5 Å². The van der Waals surface area contributed by atoms with Crippen LogP contribution in [0.2, 0.25) is 5.02 Å². The lowest BCUT2D eigenvalue weighted by molar-refractivity contribution is -0.154. The van der Waals surface area contributed by atoms with Gasteiger partial charge in [0, 0.05) is 19.8 Å². The third kappa shape index (κ3) is 3.42. The smallest absolute Gasteiger partial charge is 0.311 e. The summed E-state index contributed by atoms with van der Waals surface area (Å²) in [5.74, 6) is -1.25. The van der Waals surface area contributed by atoms with E-state index in [4.69, 9.17) is 16.3 Å². The van der Waals surface area contributed by atoms with Crippen LogP contribution in [0.1, 0.15) is 34.3 Å². The largest absolute Gasteiger partial charge is 0.481 e. The minimum atomic E-state index is -0.958. The lowest BCUT2D eigenvalue weighted by Crippen LogP contribution is -2.46. The van der Waals surface area contributed by atoms with Gasteiger partial charge in [-0.3, -0.25) is 9.59 Å². The molecule has 2 rings (SSSR count). The molecule has 1 aliphatic heterocycles. The van der Waals surface area contributed by atoms with Crippen LogP contribution in [0.3, 0.4) is 0 Å². The summed E-state index contributed by atoms with van der Waals surface area (Å²) >= 11 is 6.12. The van der Waals surface area contributed by atoms with Gasteiger partial charge in [-0.05, 0) is 49.9 Å². The van der Waals surface area contributed by atoms with Gasteiger partial charge in [-0.2, -0.15) is 0 Å². The maximum atomic E-state index is 12.3. The molecule has 1 amide bonds. The zero-order valence-corrected chi connectivity index (χ0v) is 13.5.